The van der Waals surface area contributed by atoms with Crippen LogP contribution in [0.5, 0.6) is 5.75 Å². The molecule has 0 radical (unpaired) electrons. The molecular weight excluding hydrogens is 248 g/mol. The molecule has 3 heteroatoms. The average Bonchev–Trinajstić information content (AvgIpc) is 2.84. The van der Waals surface area contributed by atoms with E-state index in [0.717, 1.165) is 18.7 Å². The van der Waals surface area contributed by atoms with Crippen molar-refractivity contribution in [3.63, 3.8) is 0 Å². The summed E-state index contributed by atoms with van der Waals surface area (Å²) in [6.07, 6.45) is 2.11. The first-order valence-corrected chi connectivity index (χ1v) is 6.77. The number of hydrogen-bond donors (Lipinski definition) is 2. The summed E-state index contributed by atoms with van der Waals surface area (Å²) in [6, 6.07) is 15.9. The third kappa shape index (κ3) is 2.40. The van der Waals surface area contributed by atoms with E-state index in [4.69, 9.17) is 0 Å². The lowest BCUT2D eigenvalue weighted by molar-refractivity contribution is 0.474. The Bertz CT molecular complexity index is 731. The van der Waals surface area contributed by atoms with Gasteiger partial charge in [0.15, 0.2) is 0 Å². The predicted octanol–water partition coefficient (Wildman–Crippen LogP) is 3.11. The molecule has 3 nitrogen and oxygen atoms in total. The SMILES string of the molecule is CNCc1cccc2ccn(Cc3cccc(O)c3)c12. The second-order valence-electron chi connectivity index (χ2n) is 5.00. The molecule has 3 aromatic rings. The van der Waals surface area contributed by atoms with Gasteiger partial charge in [-0.15, -0.1) is 0 Å². The topological polar surface area (TPSA) is 37.2 Å². The first kappa shape index (κ1) is 12.8. The Kier molecular flexibility index (Phi) is 3.44. The summed E-state index contributed by atoms with van der Waals surface area (Å²) < 4.78 is 2.23. The highest BCUT2D eigenvalue weighted by Gasteiger charge is 2.06. The van der Waals surface area contributed by atoms with Gasteiger partial charge in [-0.1, -0.05) is 30.3 Å². The molecule has 20 heavy (non-hydrogen) atoms. The standard InChI is InChI=1S/C17H18N2O/c1-18-11-15-6-3-5-14-8-9-19(17(14)15)12-13-4-2-7-16(20)10-13/h2-10,18,20H,11-12H2,1H3. The van der Waals surface area contributed by atoms with Gasteiger partial charge in [-0.05, 0) is 41.8 Å². The van der Waals surface area contributed by atoms with Crippen LogP contribution in [-0.4, -0.2) is 16.7 Å². The molecule has 0 saturated carbocycles. The molecule has 0 amide bonds. The van der Waals surface area contributed by atoms with Gasteiger partial charge in [-0.3, -0.25) is 0 Å². The second kappa shape index (κ2) is 5.39. The number of fused-ring (bicyclic) bond motifs is 1. The van der Waals surface area contributed by atoms with Gasteiger partial charge in [0.2, 0.25) is 0 Å². The number of phenols is 1. The Balaban J connectivity index is 2.03. The summed E-state index contributed by atoms with van der Waals surface area (Å²) in [5, 5.41) is 14.0. The van der Waals surface area contributed by atoms with Crippen molar-refractivity contribution in [2.45, 2.75) is 13.1 Å². The second-order valence-corrected chi connectivity index (χ2v) is 5.00. The molecule has 0 fully saturated rings. The van der Waals surface area contributed by atoms with Crippen molar-refractivity contribution >= 4 is 10.9 Å². The van der Waals surface area contributed by atoms with Crippen LogP contribution in [-0.2, 0) is 13.1 Å². The van der Waals surface area contributed by atoms with E-state index in [2.05, 4.69) is 40.3 Å². The number of rotatable bonds is 4. The molecule has 0 saturated heterocycles. The number of aromatic nitrogens is 1. The fourth-order valence-electron chi connectivity index (χ4n) is 2.66. The number of benzene rings is 2. The van der Waals surface area contributed by atoms with E-state index < -0.39 is 0 Å². The van der Waals surface area contributed by atoms with E-state index in [-0.39, 0.29) is 0 Å². The third-order valence-electron chi connectivity index (χ3n) is 3.50. The van der Waals surface area contributed by atoms with Gasteiger partial charge in [0, 0.05) is 19.3 Å². The summed E-state index contributed by atoms with van der Waals surface area (Å²) >= 11 is 0. The third-order valence-corrected chi connectivity index (χ3v) is 3.50. The minimum absolute atomic E-state index is 0.314. The zero-order valence-electron chi connectivity index (χ0n) is 11.5. The van der Waals surface area contributed by atoms with Gasteiger partial charge in [-0.2, -0.15) is 0 Å². The molecule has 3 rings (SSSR count). The molecule has 1 heterocycles. The highest BCUT2D eigenvalue weighted by Crippen LogP contribution is 2.22. The van der Waals surface area contributed by atoms with E-state index >= 15 is 0 Å². The Morgan fingerprint density at radius 3 is 2.75 bits per heavy atom. The quantitative estimate of drug-likeness (QED) is 0.761. The van der Waals surface area contributed by atoms with Crippen molar-refractivity contribution in [3.05, 3.63) is 65.9 Å². The minimum atomic E-state index is 0.314. The monoisotopic (exact) mass is 266 g/mol. The highest BCUT2D eigenvalue weighted by molar-refractivity contribution is 5.83. The molecule has 2 N–H and O–H groups in total. The normalized spacial score (nSPS) is 11.1. The Hall–Kier alpha value is -2.26. The molecule has 1 aromatic heterocycles. The Morgan fingerprint density at radius 1 is 1.10 bits per heavy atom. The Morgan fingerprint density at radius 2 is 1.95 bits per heavy atom. The van der Waals surface area contributed by atoms with E-state index in [9.17, 15) is 5.11 Å². The lowest BCUT2D eigenvalue weighted by atomic mass is 10.1. The van der Waals surface area contributed by atoms with Crippen LogP contribution in [0.15, 0.2) is 54.7 Å². The minimum Gasteiger partial charge on any atom is -0.508 e. The molecule has 0 atom stereocenters. The first-order valence-electron chi connectivity index (χ1n) is 6.77. The summed E-state index contributed by atoms with van der Waals surface area (Å²) in [7, 11) is 1.96. The van der Waals surface area contributed by atoms with Crippen LogP contribution in [0.1, 0.15) is 11.1 Å². The van der Waals surface area contributed by atoms with Crippen LogP contribution < -0.4 is 5.32 Å². The fraction of sp³-hybridized carbons (Fsp3) is 0.176. The van der Waals surface area contributed by atoms with Crippen molar-refractivity contribution < 1.29 is 5.11 Å². The van der Waals surface area contributed by atoms with E-state index in [1.54, 1.807) is 6.07 Å². The lowest BCUT2D eigenvalue weighted by Crippen LogP contribution is -2.07. The predicted molar refractivity (Wildman–Crippen MR) is 81.9 cm³/mol. The largest absolute Gasteiger partial charge is 0.508 e. The van der Waals surface area contributed by atoms with Crippen molar-refractivity contribution in [2.24, 2.45) is 0 Å². The van der Waals surface area contributed by atoms with Gasteiger partial charge in [0.05, 0.1) is 5.52 Å². The number of hydrogen-bond acceptors (Lipinski definition) is 2. The number of para-hydroxylation sites is 1. The number of aromatic hydroxyl groups is 1. The van der Waals surface area contributed by atoms with Crippen LogP contribution in [0, 0.1) is 0 Å². The molecular formula is C17H18N2O. The van der Waals surface area contributed by atoms with Gasteiger partial charge in [0.25, 0.3) is 0 Å². The summed E-state index contributed by atoms with van der Waals surface area (Å²) in [5.74, 6) is 0.314. The van der Waals surface area contributed by atoms with Crippen LogP contribution >= 0.6 is 0 Å². The van der Waals surface area contributed by atoms with Gasteiger partial charge >= 0.3 is 0 Å². The molecule has 0 aliphatic heterocycles. The molecule has 0 spiro atoms. The summed E-state index contributed by atoms with van der Waals surface area (Å²) in [4.78, 5) is 0. The molecule has 2 aromatic carbocycles. The zero-order chi connectivity index (χ0) is 13.9. The van der Waals surface area contributed by atoms with E-state index in [0.29, 0.717) is 5.75 Å². The average molecular weight is 266 g/mol. The van der Waals surface area contributed by atoms with E-state index in [1.165, 1.54) is 16.5 Å². The van der Waals surface area contributed by atoms with Crippen molar-refractivity contribution in [2.75, 3.05) is 7.05 Å². The van der Waals surface area contributed by atoms with Crippen molar-refractivity contribution in [3.8, 4) is 5.75 Å². The number of nitrogens with one attached hydrogen (secondary N) is 1. The molecule has 0 bridgehead atoms. The van der Waals surface area contributed by atoms with Crippen LogP contribution in [0.2, 0.25) is 0 Å². The van der Waals surface area contributed by atoms with Crippen molar-refractivity contribution in [1.82, 2.24) is 9.88 Å². The molecule has 0 aliphatic rings. The number of nitrogens with zero attached hydrogens (tertiary/aromatic N) is 1. The van der Waals surface area contributed by atoms with Gasteiger partial charge in [0.1, 0.15) is 5.75 Å². The molecule has 0 aliphatic carbocycles. The summed E-state index contributed by atoms with van der Waals surface area (Å²) in [5.41, 5.74) is 3.64. The molecule has 0 unspecified atom stereocenters. The Labute approximate surface area is 118 Å². The van der Waals surface area contributed by atoms with Crippen LogP contribution in [0.3, 0.4) is 0 Å². The molecule has 102 valence electrons. The summed E-state index contributed by atoms with van der Waals surface area (Å²) in [6.45, 7) is 1.61. The number of phenolic OH excluding ortho intramolecular Hbond substituents is 1. The smallest absolute Gasteiger partial charge is 0.115 e. The first-order chi connectivity index (χ1) is 9.78. The van der Waals surface area contributed by atoms with Gasteiger partial charge in [-0.25, -0.2) is 0 Å². The fourth-order valence-corrected chi connectivity index (χ4v) is 2.66. The van der Waals surface area contributed by atoms with Crippen LogP contribution in [0.25, 0.3) is 10.9 Å². The van der Waals surface area contributed by atoms with Crippen LogP contribution in [0.4, 0.5) is 0 Å². The lowest BCUT2D eigenvalue weighted by Gasteiger charge is -2.10. The van der Waals surface area contributed by atoms with E-state index in [1.807, 2.05) is 25.2 Å². The maximum atomic E-state index is 9.57. The zero-order valence-corrected chi connectivity index (χ0v) is 11.5. The van der Waals surface area contributed by atoms with Crippen molar-refractivity contribution in [1.29, 1.82) is 0 Å². The van der Waals surface area contributed by atoms with Gasteiger partial charge < -0.3 is 15.0 Å². The maximum Gasteiger partial charge on any atom is 0.115 e. The highest BCUT2D eigenvalue weighted by atomic mass is 16.3. The maximum absolute atomic E-state index is 9.57.